The summed E-state index contributed by atoms with van der Waals surface area (Å²) < 4.78 is 0. The van der Waals surface area contributed by atoms with Crippen molar-refractivity contribution in [3.8, 4) is 0 Å². The molecule has 1 heterocycles. The first kappa shape index (κ1) is 14.5. The van der Waals surface area contributed by atoms with E-state index < -0.39 is 0 Å². The van der Waals surface area contributed by atoms with Crippen molar-refractivity contribution in [2.45, 2.75) is 58.8 Å². The van der Waals surface area contributed by atoms with Gasteiger partial charge in [-0.05, 0) is 67.6 Å². The summed E-state index contributed by atoms with van der Waals surface area (Å²) in [4.78, 5) is 15.6. The highest BCUT2D eigenvalue weighted by Gasteiger charge is 2.63. The first-order chi connectivity index (χ1) is 9.85. The maximum atomic E-state index is 13.4. The highest BCUT2D eigenvalue weighted by atomic mass is 79.9. The van der Waals surface area contributed by atoms with Gasteiger partial charge in [0.1, 0.15) is 0 Å². The smallest absolute Gasteiger partial charge is 0.228 e. The zero-order valence-electron chi connectivity index (χ0n) is 13.5. The van der Waals surface area contributed by atoms with Gasteiger partial charge in [0, 0.05) is 18.4 Å². The van der Waals surface area contributed by atoms with Crippen LogP contribution in [0.5, 0.6) is 0 Å². The van der Waals surface area contributed by atoms with E-state index in [2.05, 4.69) is 34.7 Å². The number of hydrogen-bond acceptors (Lipinski definition) is 1. The zero-order valence-corrected chi connectivity index (χ0v) is 15.0. The highest BCUT2D eigenvalue weighted by molar-refractivity contribution is 9.09. The molecule has 4 bridgehead atoms. The van der Waals surface area contributed by atoms with E-state index in [0.717, 1.165) is 24.3 Å². The van der Waals surface area contributed by atoms with Gasteiger partial charge < -0.3 is 4.90 Å². The molecule has 0 N–H and O–H groups in total. The second-order valence-electron chi connectivity index (χ2n) is 9.47. The van der Waals surface area contributed by atoms with E-state index in [1.54, 1.807) is 0 Å². The Hall–Kier alpha value is -0.0500. The van der Waals surface area contributed by atoms with Crippen LogP contribution in [0.3, 0.4) is 0 Å². The highest BCUT2D eigenvalue weighted by Crippen LogP contribution is 2.69. The number of amides is 1. The van der Waals surface area contributed by atoms with Crippen LogP contribution < -0.4 is 0 Å². The minimum atomic E-state index is 0.00409. The average molecular weight is 354 g/mol. The molecule has 0 radical (unpaired) electrons. The minimum absolute atomic E-state index is 0.00409. The quantitative estimate of drug-likeness (QED) is 0.680. The number of nitrogens with zero attached hydrogens (tertiary/aromatic N) is 1. The molecule has 2 nitrogen and oxygen atoms in total. The first-order valence-corrected chi connectivity index (χ1v) is 9.83. The fraction of sp³-hybridized carbons (Fsp3) is 0.944. The number of hydrogen-bond donors (Lipinski definition) is 0. The third kappa shape index (κ3) is 2.21. The summed E-state index contributed by atoms with van der Waals surface area (Å²) in [5.41, 5.74) is 0.890. The van der Waals surface area contributed by atoms with Gasteiger partial charge in [0.25, 0.3) is 0 Å². The molecule has 0 aromatic heterocycles. The van der Waals surface area contributed by atoms with Crippen LogP contribution in [0.15, 0.2) is 0 Å². The Bertz CT molecular complexity index is 458. The molecular weight excluding hydrogens is 326 g/mol. The molecule has 21 heavy (non-hydrogen) atoms. The van der Waals surface area contributed by atoms with Crippen LogP contribution in [0.2, 0.25) is 0 Å². The van der Waals surface area contributed by atoms with Gasteiger partial charge in [-0.3, -0.25) is 4.79 Å². The van der Waals surface area contributed by atoms with Crippen molar-refractivity contribution in [2.75, 3.05) is 18.4 Å². The summed E-state index contributed by atoms with van der Waals surface area (Å²) in [5, 5.41) is 1.04. The maximum Gasteiger partial charge on any atom is 0.228 e. The fourth-order valence-corrected chi connectivity index (χ4v) is 7.69. The van der Waals surface area contributed by atoms with Crippen LogP contribution in [0.1, 0.15) is 58.8 Å². The molecule has 5 rings (SSSR count). The lowest BCUT2D eigenvalue weighted by atomic mass is 9.40. The number of halogens is 1. The van der Waals surface area contributed by atoms with E-state index in [9.17, 15) is 4.79 Å². The Morgan fingerprint density at radius 3 is 2.33 bits per heavy atom. The lowest BCUT2D eigenvalue weighted by Gasteiger charge is -2.65. The van der Waals surface area contributed by atoms with Crippen molar-refractivity contribution in [2.24, 2.45) is 28.1 Å². The van der Waals surface area contributed by atoms with Gasteiger partial charge in [-0.1, -0.05) is 29.8 Å². The summed E-state index contributed by atoms with van der Waals surface area (Å²) in [6.45, 7) is 6.91. The molecule has 4 aliphatic carbocycles. The molecular formula is C18H28BrNO. The zero-order chi connectivity index (χ0) is 14.9. The van der Waals surface area contributed by atoms with Gasteiger partial charge in [0.05, 0.1) is 5.41 Å². The van der Waals surface area contributed by atoms with Gasteiger partial charge in [-0.2, -0.15) is 0 Å². The largest absolute Gasteiger partial charge is 0.342 e. The second-order valence-corrected chi connectivity index (χ2v) is 10.1. The summed E-state index contributed by atoms with van der Waals surface area (Å²) in [6, 6.07) is 0. The molecule has 1 amide bonds. The van der Waals surface area contributed by atoms with E-state index in [4.69, 9.17) is 0 Å². The molecule has 1 saturated heterocycles. The molecule has 1 aliphatic heterocycles. The van der Waals surface area contributed by atoms with Gasteiger partial charge in [-0.15, -0.1) is 0 Å². The lowest BCUT2D eigenvalue weighted by molar-refractivity contribution is -0.178. The van der Waals surface area contributed by atoms with Crippen LogP contribution in [-0.4, -0.2) is 29.2 Å². The van der Waals surface area contributed by atoms with E-state index in [1.807, 2.05) is 0 Å². The van der Waals surface area contributed by atoms with Gasteiger partial charge >= 0.3 is 0 Å². The Morgan fingerprint density at radius 1 is 1.14 bits per heavy atom. The number of alkyl halides is 1. The average Bonchev–Trinajstić information content (AvgIpc) is 2.81. The van der Waals surface area contributed by atoms with E-state index in [1.165, 1.54) is 44.9 Å². The minimum Gasteiger partial charge on any atom is -0.342 e. The number of carbonyl (C=O) groups excluding carboxylic acids is 1. The molecule has 3 heteroatoms. The summed E-state index contributed by atoms with van der Waals surface area (Å²) >= 11 is 3.60. The normalized spacial score (nSPS) is 51.7. The predicted molar refractivity (Wildman–Crippen MR) is 88.3 cm³/mol. The summed E-state index contributed by atoms with van der Waals surface area (Å²) in [5.74, 6) is 2.01. The van der Waals surface area contributed by atoms with Crippen LogP contribution in [-0.2, 0) is 4.79 Å². The first-order valence-electron chi connectivity index (χ1n) is 8.71. The Labute approximate surface area is 137 Å². The molecule has 4 saturated carbocycles. The molecule has 3 unspecified atom stereocenters. The summed E-state index contributed by atoms with van der Waals surface area (Å²) in [7, 11) is 0. The third-order valence-electron chi connectivity index (χ3n) is 6.87. The Kier molecular flexibility index (Phi) is 3.11. The number of carbonyl (C=O) groups is 1. The standard InChI is InChI=1S/C18H28BrNO/c1-16-5-14-6-17(2,10-16)12-18(7-14,11-16)15(21)20-4-3-13(8-19)9-20/h13-14H,3-12H2,1-2H3. The van der Waals surface area contributed by atoms with Gasteiger partial charge in [0.2, 0.25) is 5.91 Å². The van der Waals surface area contributed by atoms with Crippen LogP contribution in [0.25, 0.3) is 0 Å². The van der Waals surface area contributed by atoms with E-state index in [0.29, 0.717) is 22.7 Å². The van der Waals surface area contributed by atoms with Crippen molar-refractivity contribution in [1.82, 2.24) is 4.90 Å². The Morgan fingerprint density at radius 2 is 1.81 bits per heavy atom. The molecule has 118 valence electrons. The number of likely N-dealkylation sites (tertiary alicyclic amines) is 1. The molecule has 0 aromatic rings. The maximum absolute atomic E-state index is 13.4. The van der Waals surface area contributed by atoms with Gasteiger partial charge in [-0.25, -0.2) is 0 Å². The molecule has 5 aliphatic rings. The van der Waals surface area contributed by atoms with Crippen molar-refractivity contribution in [3.05, 3.63) is 0 Å². The van der Waals surface area contributed by atoms with Crippen molar-refractivity contribution < 1.29 is 4.79 Å². The SMILES string of the molecule is CC12CC3CC(C)(C1)CC(C(=O)N1CCC(CBr)C1)(C3)C2. The van der Waals surface area contributed by atoms with Crippen molar-refractivity contribution in [3.63, 3.8) is 0 Å². The van der Waals surface area contributed by atoms with Gasteiger partial charge in [0.15, 0.2) is 0 Å². The second kappa shape index (κ2) is 4.49. The monoisotopic (exact) mass is 353 g/mol. The topological polar surface area (TPSA) is 20.3 Å². The molecule has 3 atom stereocenters. The van der Waals surface area contributed by atoms with E-state index in [-0.39, 0.29) is 5.41 Å². The molecule has 5 fully saturated rings. The fourth-order valence-electron chi connectivity index (χ4n) is 7.16. The number of rotatable bonds is 2. The van der Waals surface area contributed by atoms with Crippen molar-refractivity contribution >= 4 is 21.8 Å². The van der Waals surface area contributed by atoms with E-state index >= 15 is 0 Å². The third-order valence-corrected chi connectivity index (χ3v) is 7.79. The predicted octanol–water partition coefficient (Wildman–Crippen LogP) is 4.23. The summed E-state index contributed by atoms with van der Waals surface area (Å²) in [6.07, 6.45) is 8.82. The molecule has 0 aromatic carbocycles. The van der Waals surface area contributed by atoms with Crippen molar-refractivity contribution in [1.29, 1.82) is 0 Å². The van der Waals surface area contributed by atoms with Crippen LogP contribution in [0.4, 0.5) is 0 Å². The van der Waals surface area contributed by atoms with Crippen LogP contribution in [0, 0.1) is 28.1 Å². The van der Waals surface area contributed by atoms with Crippen LogP contribution >= 0.6 is 15.9 Å². The lowest BCUT2D eigenvalue weighted by Crippen LogP contribution is -2.60. The Balaban J connectivity index is 1.61. The molecule has 0 spiro atoms.